The van der Waals surface area contributed by atoms with Crippen LogP contribution in [0.5, 0.6) is 0 Å². The zero-order chi connectivity index (χ0) is 9.84. The average Bonchev–Trinajstić information content (AvgIpc) is 2.47. The SMILES string of the molecule is Cc1nc(CNC(C)C(C)C)n[nH]1. The van der Waals surface area contributed by atoms with Gasteiger partial charge < -0.3 is 5.32 Å². The van der Waals surface area contributed by atoms with Crippen molar-refractivity contribution in [3.63, 3.8) is 0 Å². The fourth-order valence-corrected chi connectivity index (χ4v) is 0.956. The lowest BCUT2D eigenvalue weighted by molar-refractivity contribution is 0.421. The highest BCUT2D eigenvalue weighted by molar-refractivity contribution is 4.87. The Balaban J connectivity index is 2.35. The molecule has 0 saturated heterocycles. The van der Waals surface area contributed by atoms with Gasteiger partial charge >= 0.3 is 0 Å². The summed E-state index contributed by atoms with van der Waals surface area (Å²) < 4.78 is 0. The monoisotopic (exact) mass is 182 g/mol. The van der Waals surface area contributed by atoms with Gasteiger partial charge in [-0.1, -0.05) is 13.8 Å². The number of H-pyrrole nitrogens is 1. The van der Waals surface area contributed by atoms with Crippen LogP contribution in [0.3, 0.4) is 0 Å². The molecule has 0 fully saturated rings. The van der Waals surface area contributed by atoms with Crippen LogP contribution >= 0.6 is 0 Å². The molecule has 4 nitrogen and oxygen atoms in total. The Labute approximate surface area is 79.2 Å². The maximum Gasteiger partial charge on any atom is 0.164 e. The molecule has 74 valence electrons. The maximum absolute atomic E-state index is 4.21. The van der Waals surface area contributed by atoms with Crippen molar-refractivity contribution in [1.82, 2.24) is 20.5 Å². The summed E-state index contributed by atoms with van der Waals surface area (Å²) in [6, 6.07) is 0.499. The van der Waals surface area contributed by atoms with Crippen LogP contribution < -0.4 is 5.32 Å². The number of hydrogen-bond donors (Lipinski definition) is 2. The number of aromatic nitrogens is 3. The summed E-state index contributed by atoms with van der Waals surface area (Å²) in [4.78, 5) is 4.21. The highest BCUT2D eigenvalue weighted by Gasteiger charge is 2.07. The van der Waals surface area contributed by atoms with E-state index in [2.05, 4.69) is 41.3 Å². The van der Waals surface area contributed by atoms with Gasteiger partial charge in [0.1, 0.15) is 5.82 Å². The van der Waals surface area contributed by atoms with Crippen molar-refractivity contribution in [2.75, 3.05) is 0 Å². The largest absolute Gasteiger partial charge is 0.307 e. The van der Waals surface area contributed by atoms with Crippen molar-refractivity contribution in [3.05, 3.63) is 11.6 Å². The Morgan fingerprint density at radius 3 is 2.54 bits per heavy atom. The van der Waals surface area contributed by atoms with Gasteiger partial charge in [-0.05, 0) is 19.8 Å². The fourth-order valence-electron chi connectivity index (χ4n) is 0.956. The number of aromatic amines is 1. The quantitative estimate of drug-likeness (QED) is 0.736. The molecule has 13 heavy (non-hydrogen) atoms. The molecule has 0 radical (unpaired) electrons. The van der Waals surface area contributed by atoms with Gasteiger partial charge in [0.05, 0.1) is 6.54 Å². The van der Waals surface area contributed by atoms with Crippen LogP contribution in [0.15, 0.2) is 0 Å². The Morgan fingerprint density at radius 2 is 2.08 bits per heavy atom. The van der Waals surface area contributed by atoms with E-state index in [0.717, 1.165) is 18.2 Å². The van der Waals surface area contributed by atoms with Gasteiger partial charge in [0.2, 0.25) is 0 Å². The molecule has 2 N–H and O–H groups in total. The first-order valence-electron chi connectivity index (χ1n) is 4.71. The topological polar surface area (TPSA) is 53.6 Å². The van der Waals surface area contributed by atoms with E-state index in [1.807, 2.05) is 6.92 Å². The zero-order valence-electron chi connectivity index (χ0n) is 8.76. The molecule has 1 rings (SSSR count). The Kier molecular flexibility index (Phi) is 3.42. The number of aryl methyl sites for hydroxylation is 1. The summed E-state index contributed by atoms with van der Waals surface area (Å²) in [6.45, 7) is 9.21. The second-order valence-corrected chi connectivity index (χ2v) is 3.75. The van der Waals surface area contributed by atoms with Crippen LogP contribution in [-0.2, 0) is 6.54 Å². The molecule has 0 amide bonds. The van der Waals surface area contributed by atoms with Gasteiger partial charge in [-0.2, -0.15) is 5.10 Å². The third kappa shape index (κ3) is 3.14. The first kappa shape index (κ1) is 10.2. The maximum atomic E-state index is 4.21. The lowest BCUT2D eigenvalue weighted by Gasteiger charge is -2.15. The van der Waals surface area contributed by atoms with E-state index < -0.39 is 0 Å². The lowest BCUT2D eigenvalue weighted by atomic mass is 10.1. The Morgan fingerprint density at radius 1 is 1.38 bits per heavy atom. The fraction of sp³-hybridized carbons (Fsp3) is 0.778. The van der Waals surface area contributed by atoms with Crippen molar-refractivity contribution in [3.8, 4) is 0 Å². The number of nitrogens with zero attached hydrogens (tertiary/aromatic N) is 2. The highest BCUT2D eigenvalue weighted by Crippen LogP contribution is 2.00. The van der Waals surface area contributed by atoms with Gasteiger partial charge in [-0.3, -0.25) is 5.10 Å². The second kappa shape index (κ2) is 4.37. The van der Waals surface area contributed by atoms with Crippen LogP contribution in [0.4, 0.5) is 0 Å². The minimum Gasteiger partial charge on any atom is -0.307 e. The minimum atomic E-state index is 0.499. The van der Waals surface area contributed by atoms with E-state index in [1.165, 1.54) is 0 Å². The molecular formula is C9H18N4. The molecule has 1 heterocycles. The lowest BCUT2D eigenvalue weighted by Crippen LogP contribution is -2.30. The van der Waals surface area contributed by atoms with Crippen LogP contribution in [0, 0.1) is 12.8 Å². The van der Waals surface area contributed by atoms with Gasteiger partial charge in [0, 0.05) is 6.04 Å². The summed E-state index contributed by atoms with van der Waals surface area (Å²) in [5.74, 6) is 2.35. The third-order valence-corrected chi connectivity index (χ3v) is 2.23. The summed E-state index contributed by atoms with van der Waals surface area (Å²) in [5.41, 5.74) is 0. The van der Waals surface area contributed by atoms with Crippen molar-refractivity contribution in [2.45, 2.75) is 40.3 Å². The van der Waals surface area contributed by atoms with Crippen LogP contribution in [-0.4, -0.2) is 21.2 Å². The summed E-state index contributed by atoms with van der Waals surface area (Å²) in [5, 5.41) is 10.2. The van der Waals surface area contributed by atoms with Crippen molar-refractivity contribution in [1.29, 1.82) is 0 Å². The molecule has 1 unspecified atom stereocenters. The second-order valence-electron chi connectivity index (χ2n) is 3.75. The molecule has 0 bridgehead atoms. The Hall–Kier alpha value is -0.900. The molecule has 0 aliphatic carbocycles. The molecule has 1 atom stereocenters. The van der Waals surface area contributed by atoms with E-state index in [4.69, 9.17) is 0 Å². The molecule has 0 aliphatic rings. The van der Waals surface area contributed by atoms with Crippen LogP contribution in [0.25, 0.3) is 0 Å². The Bertz CT molecular complexity index is 254. The first-order chi connectivity index (χ1) is 6.09. The van der Waals surface area contributed by atoms with E-state index in [1.54, 1.807) is 0 Å². The minimum absolute atomic E-state index is 0.499. The molecular weight excluding hydrogens is 164 g/mol. The summed E-state index contributed by atoms with van der Waals surface area (Å²) in [6.07, 6.45) is 0. The van der Waals surface area contributed by atoms with E-state index in [9.17, 15) is 0 Å². The standard InChI is InChI=1S/C9H18N4/c1-6(2)7(3)10-5-9-11-8(4)12-13-9/h6-7,10H,5H2,1-4H3,(H,11,12,13). The third-order valence-electron chi connectivity index (χ3n) is 2.23. The number of nitrogens with one attached hydrogen (secondary N) is 2. The van der Waals surface area contributed by atoms with Gasteiger partial charge in [-0.25, -0.2) is 4.98 Å². The smallest absolute Gasteiger partial charge is 0.164 e. The van der Waals surface area contributed by atoms with Crippen molar-refractivity contribution in [2.24, 2.45) is 5.92 Å². The molecule has 1 aromatic rings. The molecule has 0 saturated carbocycles. The normalized spacial score (nSPS) is 13.6. The predicted molar refractivity (Wildman–Crippen MR) is 52.3 cm³/mol. The molecule has 0 aromatic carbocycles. The molecule has 1 aromatic heterocycles. The molecule has 0 spiro atoms. The van der Waals surface area contributed by atoms with Crippen LogP contribution in [0.2, 0.25) is 0 Å². The van der Waals surface area contributed by atoms with Gasteiger partial charge in [0.15, 0.2) is 5.82 Å². The average molecular weight is 182 g/mol. The summed E-state index contributed by atoms with van der Waals surface area (Å²) >= 11 is 0. The van der Waals surface area contributed by atoms with Crippen molar-refractivity contribution < 1.29 is 0 Å². The van der Waals surface area contributed by atoms with E-state index in [-0.39, 0.29) is 0 Å². The highest BCUT2D eigenvalue weighted by atomic mass is 15.2. The van der Waals surface area contributed by atoms with Gasteiger partial charge in [-0.15, -0.1) is 0 Å². The predicted octanol–water partition coefficient (Wildman–Crippen LogP) is 1.25. The first-order valence-corrected chi connectivity index (χ1v) is 4.71. The molecule has 4 heteroatoms. The number of hydrogen-bond acceptors (Lipinski definition) is 3. The number of rotatable bonds is 4. The van der Waals surface area contributed by atoms with E-state index >= 15 is 0 Å². The van der Waals surface area contributed by atoms with Crippen molar-refractivity contribution >= 4 is 0 Å². The van der Waals surface area contributed by atoms with Crippen LogP contribution in [0.1, 0.15) is 32.4 Å². The molecule has 0 aliphatic heterocycles. The van der Waals surface area contributed by atoms with Gasteiger partial charge in [0.25, 0.3) is 0 Å². The summed E-state index contributed by atoms with van der Waals surface area (Å²) in [7, 11) is 0. The zero-order valence-corrected chi connectivity index (χ0v) is 8.76. The van der Waals surface area contributed by atoms with E-state index in [0.29, 0.717) is 12.0 Å².